The van der Waals surface area contributed by atoms with Gasteiger partial charge in [0.25, 0.3) is 5.56 Å². The maximum absolute atomic E-state index is 13.8. The largest absolute Gasteiger partial charge is 0.496 e. The smallest absolute Gasteiger partial charge is 0.346 e. The van der Waals surface area contributed by atoms with E-state index in [0.717, 1.165) is 22.4 Å². The van der Waals surface area contributed by atoms with Crippen LogP contribution < -0.4 is 19.8 Å². The molecular weight excluding hydrogens is 670 g/mol. The average Bonchev–Trinajstić information content (AvgIpc) is 2.98. The molecule has 42 heavy (non-hydrogen) atoms. The third-order valence-electron chi connectivity index (χ3n) is 6.71. The van der Waals surface area contributed by atoms with Crippen LogP contribution in [0.15, 0.2) is 61.3 Å². The van der Waals surface area contributed by atoms with Crippen molar-refractivity contribution in [3.8, 4) is 28.6 Å². The van der Waals surface area contributed by atoms with Crippen LogP contribution >= 0.6 is 31.9 Å². The predicted molar refractivity (Wildman–Crippen MR) is 170 cm³/mol. The highest BCUT2D eigenvalue weighted by Crippen LogP contribution is 2.43. The Morgan fingerprint density at radius 2 is 1.69 bits per heavy atom. The summed E-state index contributed by atoms with van der Waals surface area (Å²) in [6.45, 7) is 7.69. The number of esters is 1. The van der Waals surface area contributed by atoms with Gasteiger partial charge in [-0.1, -0.05) is 26.0 Å². The van der Waals surface area contributed by atoms with Crippen molar-refractivity contribution in [3.05, 3.63) is 78.5 Å². The van der Waals surface area contributed by atoms with Crippen molar-refractivity contribution < 1.29 is 23.7 Å². The SMILES string of the molecule is COC(=O)[C@H](C)Oc1c(OC)cc(C=Nn2c(-c3cc(C(C)C)c(OC)cc3C)nc3ccccc3c2=O)c(Br)c1Br. The number of halogens is 2. The van der Waals surface area contributed by atoms with Crippen LogP contribution in [0.2, 0.25) is 0 Å². The molecule has 0 bridgehead atoms. The summed E-state index contributed by atoms with van der Waals surface area (Å²) >= 11 is 7.11. The minimum Gasteiger partial charge on any atom is -0.496 e. The fraction of sp³-hybridized carbons (Fsp3) is 0.290. The van der Waals surface area contributed by atoms with Crippen LogP contribution in [0.3, 0.4) is 0 Å². The lowest BCUT2D eigenvalue weighted by Gasteiger charge is -2.18. The molecule has 0 aliphatic carbocycles. The van der Waals surface area contributed by atoms with Gasteiger partial charge in [0.1, 0.15) is 5.75 Å². The van der Waals surface area contributed by atoms with E-state index in [-0.39, 0.29) is 11.5 Å². The lowest BCUT2D eigenvalue weighted by atomic mass is 9.96. The summed E-state index contributed by atoms with van der Waals surface area (Å²) in [5.41, 5.74) is 3.47. The number of para-hydroxylation sites is 1. The van der Waals surface area contributed by atoms with Gasteiger partial charge in [-0.15, -0.1) is 0 Å². The Morgan fingerprint density at radius 3 is 2.33 bits per heavy atom. The summed E-state index contributed by atoms with van der Waals surface area (Å²) in [7, 11) is 4.42. The monoisotopic (exact) mass is 699 g/mol. The maximum atomic E-state index is 13.8. The number of carbonyl (C=O) groups is 1. The van der Waals surface area contributed by atoms with Crippen molar-refractivity contribution in [1.29, 1.82) is 0 Å². The molecule has 9 nitrogen and oxygen atoms in total. The Hall–Kier alpha value is -3.70. The highest BCUT2D eigenvalue weighted by atomic mass is 79.9. The van der Waals surface area contributed by atoms with E-state index in [4.69, 9.17) is 23.9 Å². The standard InChI is InChI=1S/C31H31Br2N3O6/c1-16(2)21-14-22(17(3)12-24(21)39-5)29-35-23-11-9-8-10-20(23)30(37)36(29)34-15-19-13-25(40-6)28(27(33)26(19)32)42-18(4)31(38)41-7/h8-16,18H,1-7H3/t18-/m0/s1. The van der Waals surface area contributed by atoms with Crippen LogP contribution in [-0.2, 0) is 9.53 Å². The average molecular weight is 701 g/mol. The molecule has 0 fully saturated rings. The molecule has 4 aromatic rings. The number of methoxy groups -OCH3 is 3. The van der Waals surface area contributed by atoms with Crippen LogP contribution in [0.1, 0.15) is 43.4 Å². The fourth-order valence-corrected chi connectivity index (χ4v) is 5.36. The van der Waals surface area contributed by atoms with Crippen molar-refractivity contribution in [2.75, 3.05) is 21.3 Å². The second-order valence-corrected chi connectivity index (χ2v) is 11.4. The number of benzene rings is 3. The van der Waals surface area contributed by atoms with Gasteiger partial charge in [0.05, 0.1) is 42.9 Å². The molecule has 1 aromatic heterocycles. The first kappa shape index (κ1) is 31.2. The Balaban J connectivity index is 1.92. The number of hydrogen-bond donors (Lipinski definition) is 0. The van der Waals surface area contributed by atoms with Crippen molar-refractivity contribution in [2.45, 2.75) is 39.7 Å². The van der Waals surface area contributed by atoms with E-state index in [0.29, 0.717) is 42.7 Å². The second kappa shape index (κ2) is 13.1. The van der Waals surface area contributed by atoms with E-state index in [1.54, 1.807) is 32.2 Å². The van der Waals surface area contributed by atoms with Crippen molar-refractivity contribution in [3.63, 3.8) is 0 Å². The molecule has 220 valence electrons. The Labute approximate surface area is 260 Å². The molecule has 0 saturated heterocycles. The van der Waals surface area contributed by atoms with Crippen LogP contribution in [0.25, 0.3) is 22.3 Å². The Morgan fingerprint density at radius 1 is 1.00 bits per heavy atom. The van der Waals surface area contributed by atoms with Gasteiger partial charge in [-0.05, 0) is 93.1 Å². The van der Waals surface area contributed by atoms with Crippen LogP contribution in [0, 0.1) is 6.92 Å². The molecule has 11 heteroatoms. The zero-order valence-electron chi connectivity index (χ0n) is 24.3. The van der Waals surface area contributed by atoms with Gasteiger partial charge < -0.3 is 18.9 Å². The van der Waals surface area contributed by atoms with Crippen molar-refractivity contribution in [1.82, 2.24) is 9.66 Å². The van der Waals surface area contributed by atoms with E-state index in [9.17, 15) is 9.59 Å². The Kier molecular flexibility index (Phi) is 9.73. The van der Waals surface area contributed by atoms with Gasteiger partial charge in [0, 0.05) is 15.6 Å². The van der Waals surface area contributed by atoms with Gasteiger partial charge in [-0.25, -0.2) is 9.78 Å². The number of aromatic nitrogens is 2. The molecule has 3 aromatic carbocycles. The Bertz CT molecular complexity index is 1750. The molecule has 0 saturated carbocycles. The minimum absolute atomic E-state index is 0.173. The minimum atomic E-state index is -0.875. The first-order valence-electron chi connectivity index (χ1n) is 13.1. The number of rotatable bonds is 9. The summed E-state index contributed by atoms with van der Waals surface area (Å²) in [4.78, 5) is 30.6. The molecule has 0 radical (unpaired) electrons. The summed E-state index contributed by atoms with van der Waals surface area (Å²) in [6, 6.07) is 12.8. The maximum Gasteiger partial charge on any atom is 0.346 e. The van der Waals surface area contributed by atoms with E-state index >= 15 is 0 Å². The topological polar surface area (TPSA) is 101 Å². The molecule has 0 aliphatic rings. The molecule has 1 heterocycles. The number of hydrogen-bond acceptors (Lipinski definition) is 8. The summed E-state index contributed by atoms with van der Waals surface area (Å²) < 4.78 is 24.2. The number of nitrogens with zero attached hydrogens (tertiary/aromatic N) is 3. The van der Waals surface area contributed by atoms with E-state index < -0.39 is 12.1 Å². The fourth-order valence-electron chi connectivity index (χ4n) is 4.44. The van der Waals surface area contributed by atoms with Crippen LogP contribution in [-0.4, -0.2) is 49.3 Å². The molecule has 0 spiro atoms. The lowest BCUT2D eigenvalue weighted by Crippen LogP contribution is -2.25. The highest BCUT2D eigenvalue weighted by molar-refractivity contribution is 9.13. The second-order valence-electron chi connectivity index (χ2n) is 9.79. The summed E-state index contributed by atoms with van der Waals surface area (Å²) in [5, 5.41) is 5.07. The quantitative estimate of drug-likeness (QED) is 0.139. The summed E-state index contributed by atoms with van der Waals surface area (Å²) in [5.74, 6) is 1.46. The molecule has 4 rings (SSSR count). The van der Waals surface area contributed by atoms with Crippen molar-refractivity contribution in [2.24, 2.45) is 5.10 Å². The first-order valence-corrected chi connectivity index (χ1v) is 14.7. The number of aryl methyl sites for hydroxylation is 1. The van der Waals surface area contributed by atoms with Gasteiger partial charge in [0.2, 0.25) is 0 Å². The normalized spacial score (nSPS) is 12.1. The van der Waals surface area contributed by atoms with E-state index in [2.05, 4.69) is 50.8 Å². The van der Waals surface area contributed by atoms with Crippen molar-refractivity contribution >= 4 is 54.9 Å². The van der Waals surface area contributed by atoms with E-state index in [1.807, 2.05) is 31.2 Å². The third-order valence-corrected chi connectivity index (χ3v) is 8.85. The number of carbonyl (C=O) groups excluding carboxylic acids is 1. The first-order chi connectivity index (χ1) is 20.0. The number of fused-ring (bicyclic) bond motifs is 1. The molecular formula is C31H31Br2N3O6. The molecule has 0 unspecified atom stereocenters. The number of ether oxygens (including phenoxy) is 4. The molecule has 0 N–H and O–H groups in total. The molecule has 0 amide bonds. The van der Waals surface area contributed by atoms with Gasteiger partial charge in [0.15, 0.2) is 23.4 Å². The van der Waals surface area contributed by atoms with Crippen LogP contribution in [0.4, 0.5) is 0 Å². The highest BCUT2D eigenvalue weighted by Gasteiger charge is 2.23. The van der Waals surface area contributed by atoms with Gasteiger partial charge >= 0.3 is 5.97 Å². The predicted octanol–water partition coefficient (Wildman–Crippen LogP) is 6.86. The van der Waals surface area contributed by atoms with Gasteiger partial charge in [-0.2, -0.15) is 9.78 Å². The summed E-state index contributed by atoms with van der Waals surface area (Å²) in [6.07, 6.45) is 0.661. The van der Waals surface area contributed by atoms with Crippen LogP contribution in [0.5, 0.6) is 17.2 Å². The molecule has 0 aliphatic heterocycles. The molecule has 1 atom stereocenters. The van der Waals surface area contributed by atoms with Gasteiger partial charge in [-0.3, -0.25) is 4.79 Å². The lowest BCUT2D eigenvalue weighted by molar-refractivity contribution is -0.147. The third kappa shape index (κ3) is 6.07. The zero-order chi connectivity index (χ0) is 30.7. The zero-order valence-corrected chi connectivity index (χ0v) is 27.5. The van der Waals surface area contributed by atoms with E-state index in [1.165, 1.54) is 25.1 Å².